The summed E-state index contributed by atoms with van der Waals surface area (Å²) in [6, 6.07) is 3.75. The van der Waals surface area contributed by atoms with Crippen molar-refractivity contribution in [3.63, 3.8) is 0 Å². The predicted molar refractivity (Wildman–Crippen MR) is 47.9 cm³/mol. The first kappa shape index (κ1) is 11.5. The van der Waals surface area contributed by atoms with Crippen molar-refractivity contribution in [2.75, 3.05) is 0 Å². The number of hydrogen-bond donors (Lipinski definition) is 2. The minimum absolute atomic E-state index is 0.0532. The summed E-state index contributed by atoms with van der Waals surface area (Å²) in [5, 5.41) is 8.45. The van der Waals surface area contributed by atoms with Crippen LogP contribution in [-0.2, 0) is 0 Å². The van der Waals surface area contributed by atoms with Crippen molar-refractivity contribution >= 4 is 15.9 Å². The third-order valence-electron chi connectivity index (χ3n) is 1.67. The van der Waals surface area contributed by atoms with Gasteiger partial charge in [-0.15, -0.1) is 0 Å². The highest BCUT2D eigenvalue weighted by molar-refractivity contribution is 9.10. The summed E-state index contributed by atoms with van der Waals surface area (Å²) in [7, 11) is 0. The van der Waals surface area contributed by atoms with Crippen LogP contribution in [0, 0.1) is 0 Å². The SMILES string of the molecule is ON[C@H](c1ccccc1Br)C(F)(F)F. The normalized spacial score (nSPS) is 14.1. The molecule has 0 saturated carbocycles. The molecule has 0 heterocycles. The van der Waals surface area contributed by atoms with E-state index in [1.54, 1.807) is 6.07 Å². The molecule has 78 valence electrons. The molecule has 0 aliphatic heterocycles. The maximum absolute atomic E-state index is 12.3. The van der Waals surface area contributed by atoms with Crippen LogP contribution in [0.1, 0.15) is 11.6 Å². The zero-order valence-corrected chi connectivity index (χ0v) is 8.43. The molecule has 1 rings (SSSR count). The van der Waals surface area contributed by atoms with E-state index in [4.69, 9.17) is 5.21 Å². The summed E-state index contributed by atoms with van der Waals surface area (Å²) in [6.07, 6.45) is -4.53. The highest BCUT2D eigenvalue weighted by Gasteiger charge is 2.41. The van der Waals surface area contributed by atoms with Gasteiger partial charge < -0.3 is 5.21 Å². The van der Waals surface area contributed by atoms with Gasteiger partial charge in [0.2, 0.25) is 0 Å². The van der Waals surface area contributed by atoms with E-state index in [1.807, 2.05) is 0 Å². The Morgan fingerprint density at radius 1 is 1.29 bits per heavy atom. The highest BCUT2D eigenvalue weighted by Crippen LogP contribution is 2.35. The van der Waals surface area contributed by atoms with Crippen molar-refractivity contribution in [2.24, 2.45) is 0 Å². The van der Waals surface area contributed by atoms with Crippen molar-refractivity contribution in [1.82, 2.24) is 5.48 Å². The molecule has 14 heavy (non-hydrogen) atoms. The van der Waals surface area contributed by atoms with Gasteiger partial charge >= 0.3 is 6.18 Å². The lowest BCUT2D eigenvalue weighted by molar-refractivity contribution is -0.178. The van der Waals surface area contributed by atoms with E-state index in [0.29, 0.717) is 4.47 Å². The molecule has 0 unspecified atom stereocenters. The van der Waals surface area contributed by atoms with Crippen LogP contribution in [0.3, 0.4) is 0 Å². The molecule has 0 aromatic heterocycles. The molecule has 6 heteroatoms. The Morgan fingerprint density at radius 2 is 1.86 bits per heavy atom. The first-order valence-corrected chi connectivity index (χ1v) is 4.47. The van der Waals surface area contributed by atoms with Gasteiger partial charge in [-0.3, -0.25) is 0 Å². The first-order valence-electron chi connectivity index (χ1n) is 3.67. The van der Waals surface area contributed by atoms with Crippen molar-refractivity contribution in [2.45, 2.75) is 12.2 Å². The van der Waals surface area contributed by atoms with E-state index in [2.05, 4.69) is 15.9 Å². The minimum Gasteiger partial charge on any atom is -0.316 e. The minimum atomic E-state index is -4.53. The van der Waals surface area contributed by atoms with Crippen molar-refractivity contribution < 1.29 is 18.4 Å². The van der Waals surface area contributed by atoms with Crippen molar-refractivity contribution in [3.05, 3.63) is 34.3 Å². The lowest BCUT2D eigenvalue weighted by atomic mass is 10.1. The second-order valence-corrected chi connectivity index (χ2v) is 3.48. The molecule has 2 N–H and O–H groups in total. The topological polar surface area (TPSA) is 32.3 Å². The first-order chi connectivity index (χ1) is 6.46. The van der Waals surface area contributed by atoms with Crippen LogP contribution >= 0.6 is 15.9 Å². The molecule has 0 saturated heterocycles. The molecule has 0 radical (unpaired) electrons. The van der Waals surface area contributed by atoms with Gasteiger partial charge in [-0.25, -0.2) is 0 Å². The third kappa shape index (κ3) is 2.46. The Bertz CT molecular complexity index is 316. The standard InChI is InChI=1S/C8H7BrF3NO/c9-6-4-2-1-3-5(6)7(13-14)8(10,11)12/h1-4,7,13-14H/t7-/m1/s1. The zero-order chi connectivity index (χ0) is 10.8. The molecule has 1 aromatic carbocycles. The number of hydrogen-bond acceptors (Lipinski definition) is 2. The molecule has 1 atom stereocenters. The Morgan fingerprint density at radius 3 is 2.29 bits per heavy atom. The predicted octanol–water partition coefficient (Wildman–Crippen LogP) is 3.03. The van der Waals surface area contributed by atoms with Crippen LogP contribution in [0.4, 0.5) is 13.2 Å². The smallest absolute Gasteiger partial charge is 0.316 e. The Hall–Kier alpha value is -0.590. The molecule has 0 aliphatic rings. The molecule has 0 fully saturated rings. The van der Waals surface area contributed by atoms with Crippen LogP contribution < -0.4 is 5.48 Å². The number of hydroxylamine groups is 1. The fourth-order valence-corrected chi connectivity index (χ4v) is 1.54. The van der Waals surface area contributed by atoms with E-state index in [1.165, 1.54) is 23.7 Å². The summed E-state index contributed by atoms with van der Waals surface area (Å²) < 4.78 is 37.3. The average Bonchev–Trinajstić information content (AvgIpc) is 2.07. The molecular formula is C8H7BrF3NO. The van der Waals surface area contributed by atoms with Crippen LogP contribution in [0.25, 0.3) is 0 Å². The van der Waals surface area contributed by atoms with Crippen molar-refractivity contribution in [3.8, 4) is 0 Å². The van der Waals surface area contributed by atoms with E-state index in [9.17, 15) is 13.2 Å². The third-order valence-corrected chi connectivity index (χ3v) is 2.39. The van der Waals surface area contributed by atoms with Gasteiger partial charge in [0.15, 0.2) is 6.04 Å². The van der Waals surface area contributed by atoms with Gasteiger partial charge in [-0.05, 0) is 11.6 Å². The summed E-state index contributed by atoms with van der Waals surface area (Å²) in [5.74, 6) is 0. The Kier molecular flexibility index (Phi) is 3.52. The second-order valence-electron chi connectivity index (χ2n) is 2.63. The molecule has 2 nitrogen and oxygen atoms in total. The van der Waals surface area contributed by atoms with Gasteiger partial charge in [0, 0.05) is 4.47 Å². The monoisotopic (exact) mass is 269 g/mol. The Labute approximate surface area is 86.8 Å². The number of rotatable bonds is 2. The summed E-state index contributed by atoms with van der Waals surface area (Å²) in [4.78, 5) is 0. The molecule has 0 amide bonds. The summed E-state index contributed by atoms with van der Waals surface area (Å²) in [5.41, 5.74) is 1.19. The molecular weight excluding hydrogens is 263 g/mol. The maximum Gasteiger partial charge on any atom is 0.410 e. The number of alkyl halides is 3. The molecule has 0 aliphatic carbocycles. The van der Waals surface area contributed by atoms with E-state index in [0.717, 1.165) is 0 Å². The second kappa shape index (κ2) is 4.29. The van der Waals surface area contributed by atoms with E-state index in [-0.39, 0.29) is 5.56 Å². The quantitative estimate of drug-likeness (QED) is 0.809. The average molecular weight is 270 g/mol. The van der Waals surface area contributed by atoms with Crippen LogP contribution in [-0.4, -0.2) is 11.4 Å². The van der Waals surface area contributed by atoms with Gasteiger partial charge in [0.25, 0.3) is 0 Å². The van der Waals surface area contributed by atoms with Gasteiger partial charge in [0.05, 0.1) is 0 Å². The highest BCUT2D eigenvalue weighted by atomic mass is 79.9. The van der Waals surface area contributed by atoms with Crippen LogP contribution in [0.2, 0.25) is 0 Å². The van der Waals surface area contributed by atoms with Crippen molar-refractivity contribution in [1.29, 1.82) is 0 Å². The largest absolute Gasteiger partial charge is 0.410 e. The molecule has 1 aromatic rings. The molecule has 0 bridgehead atoms. The maximum atomic E-state index is 12.3. The number of halogens is 4. The molecule has 0 spiro atoms. The van der Waals surface area contributed by atoms with E-state index >= 15 is 0 Å². The number of nitrogens with one attached hydrogen (secondary N) is 1. The zero-order valence-electron chi connectivity index (χ0n) is 6.85. The van der Waals surface area contributed by atoms with Gasteiger partial charge in [-0.1, -0.05) is 34.1 Å². The van der Waals surface area contributed by atoms with Gasteiger partial charge in [-0.2, -0.15) is 18.7 Å². The van der Waals surface area contributed by atoms with Crippen LogP contribution in [0.5, 0.6) is 0 Å². The Balaban J connectivity index is 3.08. The fourth-order valence-electron chi connectivity index (χ4n) is 1.03. The lowest BCUT2D eigenvalue weighted by Gasteiger charge is -2.19. The fraction of sp³-hybridized carbons (Fsp3) is 0.250. The summed E-state index contributed by atoms with van der Waals surface area (Å²) in [6.45, 7) is 0. The lowest BCUT2D eigenvalue weighted by Crippen LogP contribution is -2.32. The summed E-state index contributed by atoms with van der Waals surface area (Å²) >= 11 is 2.98. The van der Waals surface area contributed by atoms with Gasteiger partial charge in [0.1, 0.15) is 0 Å². The number of benzene rings is 1. The van der Waals surface area contributed by atoms with E-state index < -0.39 is 12.2 Å². The van der Waals surface area contributed by atoms with Crippen LogP contribution in [0.15, 0.2) is 28.7 Å².